The molecule has 1 aromatic carbocycles. The number of hydrogen-bond donors (Lipinski definition) is 0. The average Bonchev–Trinajstić information content (AvgIpc) is 2.16. The van der Waals surface area contributed by atoms with Crippen molar-refractivity contribution in [2.75, 3.05) is 0 Å². The number of nitrogens with zero attached hydrogens (tertiary/aromatic N) is 1. The van der Waals surface area contributed by atoms with Gasteiger partial charge in [0.1, 0.15) is 5.02 Å². The van der Waals surface area contributed by atoms with E-state index in [0.29, 0.717) is 0 Å². The molecule has 0 aromatic heterocycles. The molecule has 0 amide bonds. The smallest absolute Gasteiger partial charge is 0.258 e. The highest BCUT2D eigenvalue weighted by Gasteiger charge is 2.14. The highest BCUT2D eigenvalue weighted by atomic mass is 35.5. The van der Waals surface area contributed by atoms with Gasteiger partial charge in [0.15, 0.2) is 0 Å². The van der Waals surface area contributed by atoms with Gasteiger partial charge in [-0.3, -0.25) is 10.1 Å². The molecule has 82 valence electrons. The Morgan fingerprint density at radius 3 is 2.67 bits per heavy atom. The fourth-order valence-corrected chi connectivity index (χ4v) is 1.77. The second-order valence-electron chi connectivity index (χ2n) is 3.59. The summed E-state index contributed by atoms with van der Waals surface area (Å²) in [5.74, 6) is 0. The Morgan fingerprint density at radius 2 is 2.13 bits per heavy atom. The normalized spacial score (nSPS) is 10.3. The molecule has 0 atom stereocenters. The van der Waals surface area contributed by atoms with Crippen molar-refractivity contribution >= 4 is 17.3 Å². The van der Waals surface area contributed by atoms with Gasteiger partial charge in [-0.2, -0.15) is 0 Å². The predicted molar refractivity (Wildman–Crippen MR) is 61.5 cm³/mol. The van der Waals surface area contributed by atoms with Crippen LogP contribution in [0.1, 0.15) is 30.9 Å². The van der Waals surface area contributed by atoms with Gasteiger partial charge >= 0.3 is 0 Å². The molecule has 0 bridgehead atoms. The van der Waals surface area contributed by atoms with Crippen LogP contribution in [0, 0.1) is 17.0 Å². The van der Waals surface area contributed by atoms with E-state index >= 15 is 0 Å². The summed E-state index contributed by atoms with van der Waals surface area (Å²) in [7, 11) is 0. The largest absolute Gasteiger partial charge is 0.288 e. The maximum atomic E-state index is 10.7. The molecule has 0 aliphatic heterocycles. The zero-order valence-corrected chi connectivity index (χ0v) is 9.67. The van der Waals surface area contributed by atoms with E-state index in [0.717, 1.165) is 30.4 Å². The van der Waals surface area contributed by atoms with Crippen LogP contribution >= 0.6 is 11.6 Å². The molecule has 15 heavy (non-hydrogen) atoms. The van der Waals surface area contributed by atoms with Crippen molar-refractivity contribution in [3.8, 4) is 0 Å². The summed E-state index contributed by atoms with van der Waals surface area (Å²) in [6, 6.07) is 3.26. The molecule has 1 aromatic rings. The molecule has 0 saturated heterocycles. The standard InChI is InChI=1S/C11H14ClNO2/c1-3-4-5-9-7-11(13(14)15)10(12)6-8(9)2/h6-7H,3-5H2,1-2H3. The Kier molecular flexibility index (Phi) is 4.09. The number of rotatable bonds is 4. The first-order valence-electron chi connectivity index (χ1n) is 4.99. The van der Waals surface area contributed by atoms with Gasteiger partial charge in [-0.1, -0.05) is 24.9 Å². The maximum absolute atomic E-state index is 10.7. The Bertz CT molecular complexity index is 377. The fourth-order valence-electron chi connectivity index (χ4n) is 1.48. The van der Waals surface area contributed by atoms with Crippen molar-refractivity contribution in [2.24, 2.45) is 0 Å². The molecule has 0 heterocycles. The molecule has 0 N–H and O–H groups in total. The third-order valence-corrected chi connectivity index (χ3v) is 2.70. The number of halogens is 1. The Balaban J connectivity index is 3.06. The van der Waals surface area contributed by atoms with Crippen LogP contribution in [0.15, 0.2) is 12.1 Å². The lowest BCUT2D eigenvalue weighted by molar-refractivity contribution is -0.384. The van der Waals surface area contributed by atoms with Crippen molar-refractivity contribution in [1.82, 2.24) is 0 Å². The zero-order chi connectivity index (χ0) is 11.4. The van der Waals surface area contributed by atoms with Gasteiger partial charge in [0.2, 0.25) is 0 Å². The average molecular weight is 228 g/mol. The number of benzene rings is 1. The van der Waals surface area contributed by atoms with Crippen LogP contribution in [0.25, 0.3) is 0 Å². The van der Waals surface area contributed by atoms with E-state index in [1.54, 1.807) is 12.1 Å². The van der Waals surface area contributed by atoms with Gasteiger partial charge in [-0.25, -0.2) is 0 Å². The molecule has 0 aliphatic rings. The summed E-state index contributed by atoms with van der Waals surface area (Å²) < 4.78 is 0. The molecule has 3 nitrogen and oxygen atoms in total. The number of nitro groups is 1. The summed E-state index contributed by atoms with van der Waals surface area (Å²) >= 11 is 5.79. The molecule has 4 heteroatoms. The molecule has 0 aliphatic carbocycles. The second kappa shape index (κ2) is 5.12. The first kappa shape index (κ1) is 12.0. The minimum Gasteiger partial charge on any atom is -0.258 e. The third kappa shape index (κ3) is 2.93. The predicted octanol–water partition coefficient (Wildman–Crippen LogP) is 3.90. The van der Waals surface area contributed by atoms with Crippen LogP contribution in [0.3, 0.4) is 0 Å². The van der Waals surface area contributed by atoms with E-state index < -0.39 is 4.92 Å². The number of aryl methyl sites for hydroxylation is 2. The second-order valence-corrected chi connectivity index (χ2v) is 4.00. The lowest BCUT2D eigenvalue weighted by atomic mass is 10.0. The highest BCUT2D eigenvalue weighted by Crippen LogP contribution is 2.28. The van der Waals surface area contributed by atoms with Crippen LogP contribution in [0.4, 0.5) is 5.69 Å². The monoisotopic (exact) mass is 227 g/mol. The van der Waals surface area contributed by atoms with Crippen LogP contribution in [-0.4, -0.2) is 4.92 Å². The van der Waals surface area contributed by atoms with Gasteiger partial charge in [0.05, 0.1) is 4.92 Å². The summed E-state index contributed by atoms with van der Waals surface area (Å²) in [5, 5.41) is 10.9. The summed E-state index contributed by atoms with van der Waals surface area (Å²) in [4.78, 5) is 10.2. The van der Waals surface area contributed by atoms with E-state index in [2.05, 4.69) is 6.92 Å². The van der Waals surface area contributed by atoms with E-state index in [4.69, 9.17) is 11.6 Å². The van der Waals surface area contributed by atoms with E-state index in [9.17, 15) is 10.1 Å². The summed E-state index contributed by atoms with van der Waals surface area (Å²) in [6.45, 7) is 4.03. The van der Waals surface area contributed by atoms with Crippen LogP contribution in [0.5, 0.6) is 0 Å². The molecule has 0 saturated carbocycles. The van der Waals surface area contributed by atoms with Crippen LogP contribution in [0.2, 0.25) is 5.02 Å². The molecular weight excluding hydrogens is 214 g/mol. The van der Waals surface area contributed by atoms with Crippen molar-refractivity contribution in [3.63, 3.8) is 0 Å². The molecular formula is C11H14ClNO2. The van der Waals surface area contributed by atoms with Gasteiger partial charge < -0.3 is 0 Å². The molecule has 0 radical (unpaired) electrons. The van der Waals surface area contributed by atoms with Gasteiger partial charge in [0.25, 0.3) is 5.69 Å². The summed E-state index contributed by atoms with van der Waals surface area (Å²) in [5.41, 5.74) is 2.06. The van der Waals surface area contributed by atoms with Crippen molar-refractivity contribution in [2.45, 2.75) is 33.1 Å². The lowest BCUT2D eigenvalue weighted by Gasteiger charge is -2.05. The van der Waals surface area contributed by atoms with Crippen molar-refractivity contribution in [3.05, 3.63) is 38.4 Å². The molecule has 0 fully saturated rings. The Hall–Kier alpha value is -1.09. The Labute approximate surface area is 94.2 Å². The van der Waals surface area contributed by atoms with Crippen LogP contribution in [-0.2, 0) is 6.42 Å². The Morgan fingerprint density at radius 1 is 1.47 bits per heavy atom. The minimum absolute atomic E-state index is 0.00775. The van der Waals surface area contributed by atoms with E-state index in [-0.39, 0.29) is 10.7 Å². The van der Waals surface area contributed by atoms with Gasteiger partial charge in [-0.15, -0.1) is 0 Å². The lowest BCUT2D eigenvalue weighted by Crippen LogP contribution is -1.95. The third-order valence-electron chi connectivity index (χ3n) is 2.40. The molecule has 0 unspecified atom stereocenters. The van der Waals surface area contributed by atoms with Crippen molar-refractivity contribution in [1.29, 1.82) is 0 Å². The topological polar surface area (TPSA) is 43.1 Å². The van der Waals surface area contributed by atoms with E-state index in [1.807, 2.05) is 6.92 Å². The quantitative estimate of drug-likeness (QED) is 0.578. The highest BCUT2D eigenvalue weighted by molar-refractivity contribution is 6.32. The number of hydrogen-bond acceptors (Lipinski definition) is 2. The SMILES string of the molecule is CCCCc1cc([N+](=O)[O-])c(Cl)cc1C. The summed E-state index contributed by atoms with van der Waals surface area (Å²) in [6.07, 6.45) is 3.00. The molecule has 1 rings (SSSR count). The fraction of sp³-hybridized carbons (Fsp3) is 0.455. The van der Waals surface area contributed by atoms with Gasteiger partial charge in [-0.05, 0) is 37.0 Å². The van der Waals surface area contributed by atoms with E-state index in [1.165, 1.54) is 0 Å². The van der Waals surface area contributed by atoms with Crippen molar-refractivity contribution < 1.29 is 4.92 Å². The number of unbranched alkanes of at least 4 members (excludes halogenated alkanes) is 1. The zero-order valence-electron chi connectivity index (χ0n) is 8.92. The molecule has 0 spiro atoms. The number of nitro benzene ring substituents is 1. The maximum Gasteiger partial charge on any atom is 0.288 e. The first-order valence-corrected chi connectivity index (χ1v) is 5.37. The van der Waals surface area contributed by atoms with Gasteiger partial charge in [0, 0.05) is 6.07 Å². The van der Waals surface area contributed by atoms with Crippen LogP contribution < -0.4 is 0 Å². The minimum atomic E-state index is -0.433. The first-order chi connectivity index (χ1) is 7.06.